The van der Waals surface area contributed by atoms with Crippen LogP contribution >= 0.6 is 23.2 Å². The molecule has 0 bridgehead atoms. The molecule has 0 saturated heterocycles. The number of carboxylic acids is 1. The third-order valence-corrected chi connectivity index (χ3v) is 3.35. The standard InChI is InChI=1S/C13H16Cl2N2O3/c1-13(2,3)10(16)11(18)17-9-7(14)4-6(12(19)20)5-8(9)15/h4-5,10H,16H2,1-3H3,(H,17,18)(H,19,20)/t10-/m1/s1. The van der Waals surface area contributed by atoms with Crippen LogP contribution in [-0.2, 0) is 4.79 Å². The minimum Gasteiger partial charge on any atom is -0.478 e. The summed E-state index contributed by atoms with van der Waals surface area (Å²) in [6, 6.07) is 1.68. The lowest BCUT2D eigenvalue weighted by molar-refractivity contribution is -0.119. The van der Waals surface area contributed by atoms with Crippen LogP contribution in [0.2, 0.25) is 10.0 Å². The monoisotopic (exact) mass is 318 g/mol. The largest absolute Gasteiger partial charge is 0.478 e. The maximum absolute atomic E-state index is 12.0. The number of rotatable bonds is 3. The maximum Gasteiger partial charge on any atom is 0.335 e. The van der Waals surface area contributed by atoms with Crippen LogP contribution in [0.15, 0.2) is 12.1 Å². The zero-order valence-corrected chi connectivity index (χ0v) is 12.8. The number of carbonyl (C=O) groups is 2. The van der Waals surface area contributed by atoms with Crippen LogP contribution in [0.25, 0.3) is 0 Å². The lowest BCUT2D eigenvalue weighted by Crippen LogP contribution is -2.45. The summed E-state index contributed by atoms with van der Waals surface area (Å²) in [5.41, 5.74) is 5.50. The Labute approximate surface area is 127 Å². The molecule has 110 valence electrons. The van der Waals surface area contributed by atoms with Gasteiger partial charge < -0.3 is 16.2 Å². The molecule has 4 N–H and O–H groups in total. The van der Waals surface area contributed by atoms with E-state index in [4.69, 9.17) is 34.0 Å². The summed E-state index contributed by atoms with van der Waals surface area (Å²) in [5, 5.41) is 11.5. The Bertz CT molecular complexity index is 530. The molecule has 20 heavy (non-hydrogen) atoms. The molecule has 1 aromatic carbocycles. The highest BCUT2D eigenvalue weighted by atomic mass is 35.5. The molecule has 0 radical (unpaired) electrons. The zero-order chi connectivity index (χ0) is 15.7. The first kappa shape index (κ1) is 16.8. The van der Waals surface area contributed by atoms with Crippen LogP contribution in [0.4, 0.5) is 5.69 Å². The topological polar surface area (TPSA) is 92.4 Å². The Morgan fingerprint density at radius 1 is 1.25 bits per heavy atom. The number of nitrogens with one attached hydrogen (secondary N) is 1. The van der Waals surface area contributed by atoms with Gasteiger partial charge in [0.05, 0.1) is 27.3 Å². The second-order valence-electron chi connectivity index (χ2n) is 5.45. The molecule has 0 aromatic heterocycles. The summed E-state index contributed by atoms with van der Waals surface area (Å²) in [6.45, 7) is 5.48. The summed E-state index contributed by atoms with van der Waals surface area (Å²) >= 11 is 11.9. The van der Waals surface area contributed by atoms with Gasteiger partial charge in [-0.1, -0.05) is 44.0 Å². The third-order valence-electron chi connectivity index (χ3n) is 2.75. The van der Waals surface area contributed by atoms with Gasteiger partial charge in [-0.05, 0) is 17.5 Å². The van der Waals surface area contributed by atoms with E-state index in [-0.39, 0.29) is 21.3 Å². The number of hydrogen-bond donors (Lipinski definition) is 3. The van der Waals surface area contributed by atoms with Crippen molar-refractivity contribution in [2.45, 2.75) is 26.8 Å². The fourth-order valence-corrected chi connectivity index (χ4v) is 1.99. The lowest BCUT2D eigenvalue weighted by atomic mass is 9.87. The third kappa shape index (κ3) is 3.85. The van der Waals surface area contributed by atoms with Gasteiger partial charge in [0.1, 0.15) is 0 Å². The van der Waals surface area contributed by atoms with Crippen LogP contribution in [0.3, 0.4) is 0 Å². The van der Waals surface area contributed by atoms with Crippen molar-refractivity contribution in [3.63, 3.8) is 0 Å². The van der Waals surface area contributed by atoms with Gasteiger partial charge in [0.2, 0.25) is 5.91 Å². The molecule has 0 aliphatic carbocycles. The lowest BCUT2D eigenvalue weighted by Gasteiger charge is -2.26. The first-order chi connectivity index (χ1) is 9.04. The SMILES string of the molecule is CC(C)(C)[C@H](N)C(=O)Nc1c(Cl)cc(C(=O)O)cc1Cl. The highest BCUT2D eigenvalue weighted by Crippen LogP contribution is 2.32. The fraction of sp³-hybridized carbons (Fsp3) is 0.385. The Morgan fingerprint density at radius 2 is 1.70 bits per heavy atom. The Balaban J connectivity index is 3.05. The van der Waals surface area contributed by atoms with Crippen LogP contribution in [0.1, 0.15) is 31.1 Å². The molecule has 0 aliphatic heterocycles. The molecule has 0 fully saturated rings. The van der Waals surface area contributed by atoms with Crippen molar-refractivity contribution < 1.29 is 14.7 Å². The molecule has 0 saturated carbocycles. The maximum atomic E-state index is 12.0. The fourth-order valence-electron chi connectivity index (χ4n) is 1.41. The second kappa shape index (κ2) is 5.99. The summed E-state index contributed by atoms with van der Waals surface area (Å²) < 4.78 is 0. The number of carboxylic acid groups (broad SMARTS) is 1. The van der Waals surface area contributed by atoms with Gasteiger partial charge >= 0.3 is 5.97 Å². The van der Waals surface area contributed by atoms with E-state index < -0.39 is 23.3 Å². The average Bonchev–Trinajstić information content (AvgIpc) is 2.30. The molecule has 0 aliphatic rings. The van der Waals surface area contributed by atoms with Gasteiger partial charge in [0.15, 0.2) is 0 Å². The Hall–Kier alpha value is -1.30. The van der Waals surface area contributed by atoms with E-state index in [1.165, 1.54) is 12.1 Å². The van der Waals surface area contributed by atoms with Gasteiger partial charge in [-0.25, -0.2) is 4.79 Å². The number of nitrogens with two attached hydrogens (primary N) is 1. The summed E-state index contributed by atoms with van der Waals surface area (Å²) in [5.74, 6) is -1.59. The summed E-state index contributed by atoms with van der Waals surface area (Å²) in [6.07, 6.45) is 0. The van der Waals surface area contributed by atoms with E-state index in [0.29, 0.717) is 0 Å². The average molecular weight is 319 g/mol. The van der Waals surface area contributed by atoms with Crippen molar-refractivity contribution in [3.05, 3.63) is 27.7 Å². The Kier molecular flexibility index (Phi) is 5.02. The van der Waals surface area contributed by atoms with Crippen molar-refractivity contribution in [2.75, 3.05) is 5.32 Å². The number of carbonyl (C=O) groups excluding carboxylic acids is 1. The van der Waals surface area contributed by atoms with Crippen LogP contribution < -0.4 is 11.1 Å². The van der Waals surface area contributed by atoms with Crippen LogP contribution in [-0.4, -0.2) is 23.0 Å². The predicted octanol–water partition coefficient (Wildman–Crippen LogP) is 3.00. The van der Waals surface area contributed by atoms with Gasteiger partial charge in [0.25, 0.3) is 0 Å². The first-order valence-corrected chi connectivity index (χ1v) is 6.58. The van der Waals surface area contributed by atoms with Crippen molar-refractivity contribution in [1.82, 2.24) is 0 Å². The van der Waals surface area contributed by atoms with E-state index in [2.05, 4.69) is 5.32 Å². The highest BCUT2D eigenvalue weighted by molar-refractivity contribution is 6.40. The smallest absolute Gasteiger partial charge is 0.335 e. The zero-order valence-electron chi connectivity index (χ0n) is 11.3. The van der Waals surface area contributed by atoms with E-state index in [9.17, 15) is 9.59 Å². The molecule has 1 aromatic rings. The van der Waals surface area contributed by atoms with Gasteiger partial charge in [-0.2, -0.15) is 0 Å². The number of amides is 1. The van der Waals surface area contributed by atoms with Gasteiger partial charge in [-0.15, -0.1) is 0 Å². The summed E-state index contributed by atoms with van der Waals surface area (Å²) in [7, 11) is 0. The van der Waals surface area contributed by atoms with Gasteiger partial charge in [-0.3, -0.25) is 4.79 Å². The molecule has 1 rings (SSSR count). The van der Waals surface area contributed by atoms with Crippen molar-refractivity contribution in [2.24, 2.45) is 11.1 Å². The molecule has 1 amide bonds. The van der Waals surface area contributed by atoms with E-state index >= 15 is 0 Å². The van der Waals surface area contributed by atoms with Crippen LogP contribution in [0, 0.1) is 5.41 Å². The highest BCUT2D eigenvalue weighted by Gasteiger charge is 2.28. The normalized spacial score (nSPS) is 12.9. The van der Waals surface area contributed by atoms with Gasteiger partial charge in [0, 0.05) is 0 Å². The molecule has 5 nitrogen and oxygen atoms in total. The molecule has 7 heteroatoms. The number of anilines is 1. The van der Waals surface area contributed by atoms with E-state index in [0.717, 1.165) is 0 Å². The van der Waals surface area contributed by atoms with Crippen molar-refractivity contribution >= 4 is 40.8 Å². The first-order valence-electron chi connectivity index (χ1n) is 5.83. The molecule has 0 heterocycles. The minimum absolute atomic E-state index is 0.0457. The quantitative estimate of drug-likeness (QED) is 0.798. The molecule has 0 unspecified atom stereocenters. The summed E-state index contributed by atoms with van der Waals surface area (Å²) in [4.78, 5) is 22.9. The molecular weight excluding hydrogens is 303 g/mol. The van der Waals surface area contributed by atoms with E-state index in [1.54, 1.807) is 0 Å². The number of benzene rings is 1. The van der Waals surface area contributed by atoms with E-state index in [1.807, 2.05) is 20.8 Å². The van der Waals surface area contributed by atoms with Crippen molar-refractivity contribution in [3.8, 4) is 0 Å². The molecule has 1 atom stereocenters. The Morgan fingerprint density at radius 3 is 2.05 bits per heavy atom. The molecule has 0 spiro atoms. The minimum atomic E-state index is -1.15. The predicted molar refractivity (Wildman–Crippen MR) is 79.5 cm³/mol. The van der Waals surface area contributed by atoms with Crippen LogP contribution in [0.5, 0.6) is 0 Å². The number of hydrogen-bond acceptors (Lipinski definition) is 3. The second-order valence-corrected chi connectivity index (χ2v) is 6.27. The number of halogens is 2. The van der Waals surface area contributed by atoms with Crippen molar-refractivity contribution in [1.29, 1.82) is 0 Å². The number of aromatic carboxylic acids is 1. The molecular formula is C13H16Cl2N2O3.